The molecule has 0 radical (unpaired) electrons. The van der Waals surface area contributed by atoms with Crippen LogP contribution in [0, 0.1) is 0 Å². The molecule has 0 heterocycles. The van der Waals surface area contributed by atoms with Gasteiger partial charge in [-0.25, -0.2) is 5.84 Å². The molecule has 0 saturated heterocycles. The molecule has 0 atom stereocenters. The minimum Gasteiger partial charge on any atom is -0.496 e. The number of hydrogen-bond donors (Lipinski definition) is 1. The number of hydrogen-bond acceptors (Lipinski definition) is 3. The van der Waals surface area contributed by atoms with Crippen LogP contribution in [0.5, 0.6) is 5.75 Å². The number of rotatable bonds is 4. The summed E-state index contributed by atoms with van der Waals surface area (Å²) in [5, 5.41) is 1.18. The van der Waals surface area contributed by atoms with Gasteiger partial charge < -0.3 is 4.74 Å². The average Bonchev–Trinajstić information content (AvgIpc) is 3.18. The van der Waals surface area contributed by atoms with Crippen molar-refractivity contribution in [1.29, 1.82) is 0 Å². The molecule has 104 valence electrons. The first-order valence-electron chi connectivity index (χ1n) is 6.63. The highest BCUT2D eigenvalue weighted by atomic mass is 16.5. The second-order valence-electron chi connectivity index (χ2n) is 5.61. The predicted molar refractivity (Wildman–Crippen MR) is 75.0 cm³/mol. The summed E-state index contributed by atoms with van der Waals surface area (Å²) in [6.45, 7) is 4.28. The lowest BCUT2D eigenvalue weighted by Gasteiger charge is -2.22. The minimum atomic E-state index is -0.468. The number of nitrogens with two attached hydrogens (primary N) is 1. The van der Waals surface area contributed by atoms with E-state index in [1.165, 1.54) is 10.6 Å². The summed E-state index contributed by atoms with van der Waals surface area (Å²) >= 11 is 0. The Balaban J connectivity index is 2.43. The fourth-order valence-electron chi connectivity index (χ4n) is 2.52. The molecule has 4 heteroatoms. The van der Waals surface area contributed by atoms with Crippen molar-refractivity contribution in [2.24, 2.45) is 5.84 Å². The van der Waals surface area contributed by atoms with E-state index in [2.05, 4.69) is 19.9 Å². The van der Waals surface area contributed by atoms with Gasteiger partial charge in [-0.1, -0.05) is 26.0 Å². The van der Waals surface area contributed by atoms with Crippen LogP contribution in [-0.4, -0.2) is 25.1 Å². The molecule has 4 nitrogen and oxygen atoms in total. The Morgan fingerprint density at radius 2 is 2.05 bits per heavy atom. The summed E-state index contributed by atoms with van der Waals surface area (Å²) in [7, 11) is 3.24. The van der Waals surface area contributed by atoms with Gasteiger partial charge in [0, 0.05) is 12.6 Å². The smallest absolute Gasteiger partial charge is 0.246 e. The monoisotopic (exact) mass is 262 g/mol. The lowest BCUT2D eigenvalue weighted by atomic mass is 9.91. The molecule has 0 spiro atoms. The standard InChI is InChI=1S/C15H22N2O2/c1-10(2)11-5-6-12(13(9-11)19-4)15(7-8-15)14(18)17(3)16/h5-6,9-10H,7-8,16H2,1-4H3. The van der Waals surface area contributed by atoms with Crippen molar-refractivity contribution in [3.63, 3.8) is 0 Å². The van der Waals surface area contributed by atoms with Crippen molar-refractivity contribution < 1.29 is 9.53 Å². The van der Waals surface area contributed by atoms with E-state index >= 15 is 0 Å². The number of ether oxygens (including phenoxy) is 1. The number of likely N-dealkylation sites (N-methyl/N-ethyl adjacent to an activating group) is 1. The number of nitrogens with zero attached hydrogens (tertiary/aromatic N) is 1. The number of carbonyl (C=O) groups excluding carboxylic acids is 1. The summed E-state index contributed by atoms with van der Waals surface area (Å²) in [5.74, 6) is 6.80. The zero-order valence-corrected chi connectivity index (χ0v) is 12.1. The van der Waals surface area contributed by atoms with E-state index < -0.39 is 5.41 Å². The molecule has 1 saturated carbocycles. The molecule has 0 aliphatic heterocycles. The molecular formula is C15H22N2O2. The topological polar surface area (TPSA) is 55.6 Å². The Labute approximate surface area is 114 Å². The van der Waals surface area contributed by atoms with Crippen LogP contribution in [0.1, 0.15) is 43.7 Å². The molecular weight excluding hydrogens is 240 g/mol. The van der Waals surface area contributed by atoms with Crippen LogP contribution >= 0.6 is 0 Å². The molecule has 1 aromatic carbocycles. The van der Waals surface area contributed by atoms with Crippen molar-refractivity contribution in [2.75, 3.05) is 14.2 Å². The Morgan fingerprint density at radius 1 is 1.42 bits per heavy atom. The maximum absolute atomic E-state index is 12.3. The van der Waals surface area contributed by atoms with E-state index in [-0.39, 0.29) is 5.91 Å². The quantitative estimate of drug-likeness (QED) is 0.514. The molecule has 1 fully saturated rings. The van der Waals surface area contributed by atoms with Crippen LogP contribution in [-0.2, 0) is 10.2 Å². The van der Waals surface area contributed by atoms with Gasteiger partial charge in [0.05, 0.1) is 12.5 Å². The molecule has 1 aliphatic carbocycles. The zero-order valence-electron chi connectivity index (χ0n) is 12.1. The van der Waals surface area contributed by atoms with Crippen molar-refractivity contribution in [3.05, 3.63) is 29.3 Å². The van der Waals surface area contributed by atoms with Gasteiger partial charge in [0.25, 0.3) is 0 Å². The molecule has 2 rings (SSSR count). The third-order valence-electron chi connectivity index (χ3n) is 3.89. The van der Waals surface area contributed by atoms with Crippen LogP contribution in [0.4, 0.5) is 0 Å². The summed E-state index contributed by atoms with van der Waals surface area (Å²) < 4.78 is 5.48. The van der Waals surface area contributed by atoms with Gasteiger partial charge in [-0.3, -0.25) is 9.80 Å². The van der Waals surface area contributed by atoms with Crippen molar-refractivity contribution >= 4 is 5.91 Å². The van der Waals surface area contributed by atoms with E-state index in [1.807, 2.05) is 12.1 Å². The number of hydrazine groups is 1. The van der Waals surface area contributed by atoms with E-state index in [0.717, 1.165) is 24.2 Å². The minimum absolute atomic E-state index is 0.0388. The highest BCUT2D eigenvalue weighted by Crippen LogP contribution is 2.52. The molecule has 1 aliphatic rings. The maximum Gasteiger partial charge on any atom is 0.246 e. The summed E-state index contributed by atoms with van der Waals surface area (Å²) in [6.07, 6.45) is 1.68. The zero-order chi connectivity index (χ0) is 14.2. The molecule has 1 aromatic rings. The van der Waals surface area contributed by atoms with Crippen LogP contribution in [0.2, 0.25) is 0 Å². The molecule has 0 unspecified atom stereocenters. The predicted octanol–water partition coefficient (Wildman–Crippen LogP) is 2.18. The van der Waals surface area contributed by atoms with E-state index in [0.29, 0.717) is 5.92 Å². The van der Waals surface area contributed by atoms with Crippen LogP contribution in [0.15, 0.2) is 18.2 Å². The second kappa shape index (κ2) is 4.85. The third kappa shape index (κ3) is 2.32. The number of amides is 1. The summed E-state index contributed by atoms with van der Waals surface area (Å²) in [6, 6.07) is 6.12. The van der Waals surface area contributed by atoms with Crippen molar-refractivity contribution in [1.82, 2.24) is 5.01 Å². The lowest BCUT2D eigenvalue weighted by Crippen LogP contribution is -2.41. The van der Waals surface area contributed by atoms with Crippen LogP contribution < -0.4 is 10.6 Å². The van der Waals surface area contributed by atoms with Gasteiger partial charge in [-0.2, -0.15) is 0 Å². The lowest BCUT2D eigenvalue weighted by molar-refractivity contribution is -0.132. The normalized spacial score (nSPS) is 16.3. The number of benzene rings is 1. The Hall–Kier alpha value is -1.55. The van der Waals surface area contributed by atoms with Gasteiger partial charge in [-0.15, -0.1) is 0 Å². The first kappa shape index (κ1) is 13.9. The molecule has 2 N–H and O–H groups in total. The van der Waals surface area contributed by atoms with E-state index in [4.69, 9.17) is 10.6 Å². The molecule has 0 bridgehead atoms. The third-order valence-corrected chi connectivity index (χ3v) is 3.89. The van der Waals surface area contributed by atoms with Crippen LogP contribution in [0.3, 0.4) is 0 Å². The second-order valence-corrected chi connectivity index (χ2v) is 5.61. The Kier molecular flexibility index (Phi) is 3.54. The first-order chi connectivity index (χ1) is 8.92. The SMILES string of the molecule is COc1cc(C(C)C)ccc1C1(C(=O)N(C)N)CC1. The maximum atomic E-state index is 12.3. The molecule has 0 aromatic heterocycles. The Morgan fingerprint density at radius 3 is 2.47 bits per heavy atom. The van der Waals surface area contributed by atoms with Gasteiger partial charge in [-0.05, 0) is 30.4 Å². The average molecular weight is 262 g/mol. The van der Waals surface area contributed by atoms with Crippen LogP contribution in [0.25, 0.3) is 0 Å². The van der Waals surface area contributed by atoms with Crippen molar-refractivity contribution in [2.45, 2.75) is 38.0 Å². The Bertz CT molecular complexity index is 491. The highest BCUT2D eigenvalue weighted by Gasteiger charge is 2.53. The molecule has 19 heavy (non-hydrogen) atoms. The molecule has 1 amide bonds. The number of carbonyl (C=O) groups is 1. The summed E-state index contributed by atoms with van der Waals surface area (Å²) in [4.78, 5) is 12.3. The fourth-order valence-corrected chi connectivity index (χ4v) is 2.52. The van der Waals surface area contributed by atoms with Gasteiger partial charge in [0.2, 0.25) is 5.91 Å². The van der Waals surface area contributed by atoms with Gasteiger partial charge in [0.15, 0.2) is 0 Å². The van der Waals surface area contributed by atoms with Crippen molar-refractivity contribution in [3.8, 4) is 5.75 Å². The van der Waals surface area contributed by atoms with E-state index in [9.17, 15) is 4.79 Å². The van der Waals surface area contributed by atoms with Gasteiger partial charge in [0.1, 0.15) is 5.75 Å². The number of methoxy groups -OCH3 is 1. The summed E-state index contributed by atoms with van der Waals surface area (Å²) in [5.41, 5.74) is 1.70. The van der Waals surface area contributed by atoms with Gasteiger partial charge >= 0.3 is 0 Å². The fraction of sp³-hybridized carbons (Fsp3) is 0.533. The highest BCUT2D eigenvalue weighted by molar-refractivity contribution is 5.91. The largest absolute Gasteiger partial charge is 0.496 e. The first-order valence-corrected chi connectivity index (χ1v) is 6.63. The van der Waals surface area contributed by atoms with E-state index in [1.54, 1.807) is 14.2 Å².